The maximum Gasteiger partial charge on any atom is 0.322 e. The second-order valence-corrected chi connectivity index (χ2v) is 11.7. The quantitative estimate of drug-likeness (QED) is 0.304. The van der Waals surface area contributed by atoms with E-state index in [1.54, 1.807) is 42.5 Å². The molecule has 0 aromatic heterocycles. The third-order valence-corrected chi connectivity index (χ3v) is 8.47. The number of carbonyl (C=O) groups is 1. The summed E-state index contributed by atoms with van der Waals surface area (Å²) in [7, 11) is -7.89. The molecule has 0 aliphatic rings. The van der Waals surface area contributed by atoms with Crippen molar-refractivity contribution in [3.63, 3.8) is 0 Å². The number of nitrogens with one attached hydrogen (secondary N) is 2. The lowest BCUT2D eigenvalue weighted by molar-refractivity contribution is -0.138. The molecule has 0 unspecified atom stereocenters. The van der Waals surface area contributed by atoms with E-state index in [0.717, 1.165) is 16.3 Å². The van der Waals surface area contributed by atoms with Crippen LogP contribution in [0.2, 0.25) is 0 Å². The van der Waals surface area contributed by atoms with E-state index in [4.69, 9.17) is 0 Å². The maximum atomic E-state index is 12.9. The number of carboxylic acids is 1. The van der Waals surface area contributed by atoms with Crippen LogP contribution in [0.1, 0.15) is 11.1 Å². The highest BCUT2D eigenvalue weighted by molar-refractivity contribution is 7.92. The van der Waals surface area contributed by atoms with Crippen molar-refractivity contribution in [2.24, 2.45) is 0 Å². The molecule has 0 saturated heterocycles. The number of hydrogen-bond donors (Lipinski definition) is 3. The van der Waals surface area contributed by atoms with Crippen molar-refractivity contribution in [1.82, 2.24) is 4.72 Å². The van der Waals surface area contributed by atoms with E-state index in [-0.39, 0.29) is 16.2 Å². The van der Waals surface area contributed by atoms with Crippen LogP contribution in [0.25, 0.3) is 10.8 Å². The molecule has 0 fully saturated rings. The van der Waals surface area contributed by atoms with Crippen LogP contribution < -0.4 is 9.44 Å². The molecule has 0 aliphatic heterocycles. The van der Waals surface area contributed by atoms with Crippen LogP contribution >= 0.6 is 0 Å². The average molecular weight is 525 g/mol. The molecule has 8 nitrogen and oxygen atoms in total. The molecule has 3 N–H and O–H groups in total. The Bertz CT molecular complexity index is 1620. The second kappa shape index (κ2) is 10.1. The van der Waals surface area contributed by atoms with Gasteiger partial charge in [0.15, 0.2) is 0 Å². The molecule has 36 heavy (non-hydrogen) atoms. The van der Waals surface area contributed by atoms with Gasteiger partial charge in [-0.3, -0.25) is 9.52 Å². The van der Waals surface area contributed by atoms with Gasteiger partial charge in [-0.25, -0.2) is 16.8 Å². The fourth-order valence-corrected chi connectivity index (χ4v) is 5.93. The second-order valence-electron chi connectivity index (χ2n) is 8.34. The van der Waals surface area contributed by atoms with Crippen molar-refractivity contribution in [3.8, 4) is 0 Å². The first-order chi connectivity index (χ1) is 17.0. The van der Waals surface area contributed by atoms with Crippen LogP contribution in [0.15, 0.2) is 101 Å². The molecule has 186 valence electrons. The average Bonchev–Trinajstić information content (AvgIpc) is 2.84. The van der Waals surface area contributed by atoms with Gasteiger partial charge in [0, 0.05) is 5.69 Å². The first kappa shape index (κ1) is 25.4. The van der Waals surface area contributed by atoms with E-state index in [1.807, 2.05) is 19.1 Å². The summed E-state index contributed by atoms with van der Waals surface area (Å²) in [5, 5.41) is 11.2. The molecule has 10 heteroatoms. The zero-order valence-corrected chi connectivity index (χ0v) is 20.9. The summed E-state index contributed by atoms with van der Waals surface area (Å²) in [4.78, 5) is 11.9. The van der Waals surface area contributed by atoms with Gasteiger partial charge in [-0.15, -0.1) is 0 Å². The topological polar surface area (TPSA) is 130 Å². The molecular weight excluding hydrogens is 500 g/mol. The zero-order valence-electron chi connectivity index (χ0n) is 19.2. The lowest BCUT2D eigenvalue weighted by atomic mass is 10.1. The zero-order chi connectivity index (χ0) is 25.9. The van der Waals surface area contributed by atoms with E-state index in [2.05, 4.69) is 9.44 Å². The molecule has 0 spiro atoms. The smallest absolute Gasteiger partial charge is 0.322 e. The number of fused-ring (bicyclic) bond motifs is 1. The van der Waals surface area contributed by atoms with Gasteiger partial charge < -0.3 is 5.11 Å². The minimum atomic E-state index is -4.10. The molecule has 0 heterocycles. The standard InChI is InChI=1S/C26H24N2O6S2/c1-18-6-13-23(14-7-18)35(31,32)27-22-11-8-19(9-12-22)16-25(26(29)30)28-36(33,34)24-15-10-20-4-2-3-5-21(20)17-24/h2-15,17,25,27-28H,16H2,1H3,(H,29,30)/t25-/m1/s1. The molecule has 0 saturated carbocycles. The van der Waals surface area contributed by atoms with Crippen LogP contribution in [0.4, 0.5) is 5.69 Å². The molecule has 0 amide bonds. The van der Waals surface area contributed by atoms with Gasteiger partial charge in [0.1, 0.15) is 6.04 Å². The van der Waals surface area contributed by atoms with Crippen LogP contribution in [0, 0.1) is 6.92 Å². The Hall–Kier alpha value is -3.73. The summed E-state index contributed by atoms with van der Waals surface area (Å²) in [6, 6.07) is 22.9. The number of hydrogen-bond acceptors (Lipinski definition) is 5. The Morgan fingerprint density at radius 3 is 2.03 bits per heavy atom. The third kappa shape index (κ3) is 5.91. The Morgan fingerprint density at radius 1 is 0.778 bits per heavy atom. The van der Waals surface area contributed by atoms with Crippen LogP contribution in [0.3, 0.4) is 0 Å². The third-order valence-electron chi connectivity index (χ3n) is 5.60. The number of aliphatic carboxylic acids is 1. The highest BCUT2D eigenvalue weighted by Crippen LogP contribution is 2.21. The fourth-order valence-electron chi connectivity index (χ4n) is 3.65. The molecule has 4 rings (SSSR count). The number of aryl methyl sites for hydroxylation is 1. The van der Waals surface area contributed by atoms with E-state index < -0.39 is 32.1 Å². The molecule has 4 aromatic carbocycles. The molecule has 0 bridgehead atoms. The van der Waals surface area contributed by atoms with Gasteiger partial charge in [0.05, 0.1) is 9.79 Å². The summed E-state index contributed by atoms with van der Waals surface area (Å²) >= 11 is 0. The Kier molecular flexibility index (Phi) is 7.11. The summed E-state index contributed by atoms with van der Waals surface area (Å²) in [6.07, 6.45) is -0.132. The van der Waals surface area contributed by atoms with Crippen molar-refractivity contribution < 1.29 is 26.7 Å². The fraction of sp³-hybridized carbons (Fsp3) is 0.115. The normalized spacial score (nSPS) is 12.8. The van der Waals surface area contributed by atoms with Gasteiger partial charge in [-0.1, -0.05) is 60.2 Å². The number of anilines is 1. The predicted molar refractivity (Wildman–Crippen MR) is 138 cm³/mol. The number of rotatable bonds is 9. The summed E-state index contributed by atoms with van der Waals surface area (Å²) < 4.78 is 55.7. The van der Waals surface area contributed by atoms with E-state index in [1.165, 1.54) is 36.4 Å². The lowest BCUT2D eigenvalue weighted by Crippen LogP contribution is -2.42. The van der Waals surface area contributed by atoms with Crippen molar-refractivity contribution in [3.05, 3.63) is 102 Å². The number of carboxylic acid groups (broad SMARTS) is 1. The lowest BCUT2D eigenvalue weighted by Gasteiger charge is -2.16. The van der Waals surface area contributed by atoms with Crippen LogP contribution in [-0.2, 0) is 31.3 Å². The molecule has 0 radical (unpaired) electrons. The highest BCUT2D eigenvalue weighted by Gasteiger charge is 2.26. The SMILES string of the molecule is Cc1ccc(S(=O)(=O)Nc2ccc(C[C@@H](NS(=O)(=O)c3ccc4ccccc4c3)C(=O)O)cc2)cc1. The predicted octanol–water partition coefficient (Wildman–Crippen LogP) is 3.92. The molecule has 4 aromatic rings. The van der Waals surface area contributed by atoms with E-state index in [0.29, 0.717) is 11.3 Å². The van der Waals surface area contributed by atoms with Gasteiger partial charge in [0.2, 0.25) is 10.0 Å². The minimum Gasteiger partial charge on any atom is -0.480 e. The minimum absolute atomic E-state index is 0.0340. The van der Waals surface area contributed by atoms with Gasteiger partial charge in [-0.05, 0) is 66.1 Å². The number of sulfonamides is 2. The van der Waals surface area contributed by atoms with Gasteiger partial charge >= 0.3 is 5.97 Å². The Labute approximate surface area is 209 Å². The largest absolute Gasteiger partial charge is 0.480 e. The first-order valence-electron chi connectivity index (χ1n) is 11.0. The summed E-state index contributed by atoms with van der Waals surface area (Å²) in [5.41, 5.74) is 1.74. The monoisotopic (exact) mass is 524 g/mol. The summed E-state index contributed by atoms with van der Waals surface area (Å²) in [6.45, 7) is 1.86. The van der Waals surface area contributed by atoms with E-state index in [9.17, 15) is 26.7 Å². The molecule has 0 aliphatic carbocycles. The Morgan fingerprint density at radius 2 is 1.39 bits per heavy atom. The van der Waals surface area contributed by atoms with Crippen molar-refractivity contribution in [2.75, 3.05) is 4.72 Å². The highest BCUT2D eigenvalue weighted by atomic mass is 32.2. The van der Waals surface area contributed by atoms with Crippen LogP contribution in [-0.4, -0.2) is 34.0 Å². The maximum absolute atomic E-state index is 12.9. The molecular formula is C26H24N2O6S2. The van der Waals surface area contributed by atoms with Gasteiger partial charge in [-0.2, -0.15) is 4.72 Å². The van der Waals surface area contributed by atoms with Crippen molar-refractivity contribution in [2.45, 2.75) is 29.2 Å². The van der Waals surface area contributed by atoms with Crippen molar-refractivity contribution in [1.29, 1.82) is 0 Å². The van der Waals surface area contributed by atoms with Crippen LogP contribution in [0.5, 0.6) is 0 Å². The number of benzene rings is 4. The first-order valence-corrected chi connectivity index (χ1v) is 13.9. The van der Waals surface area contributed by atoms with E-state index >= 15 is 0 Å². The Balaban J connectivity index is 1.48. The van der Waals surface area contributed by atoms with Gasteiger partial charge in [0.25, 0.3) is 10.0 Å². The summed E-state index contributed by atoms with van der Waals surface area (Å²) in [5.74, 6) is -1.33. The molecule has 1 atom stereocenters. The van der Waals surface area contributed by atoms with Crippen molar-refractivity contribution >= 4 is 42.5 Å².